The Bertz CT molecular complexity index is 1130. The number of halogens is 1. The second kappa shape index (κ2) is 6.99. The van der Waals surface area contributed by atoms with Gasteiger partial charge >= 0.3 is 0 Å². The lowest BCUT2D eigenvalue weighted by atomic mass is 10.0. The van der Waals surface area contributed by atoms with E-state index in [0.29, 0.717) is 39.8 Å². The van der Waals surface area contributed by atoms with E-state index in [1.807, 2.05) is 35.8 Å². The van der Waals surface area contributed by atoms with E-state index in [9.17, 15) is 9.59 Å². The van der Waals surface area contributed by atoms with Crippen LogP contribution in [0.2, 0.25) is 5.02 Å². The first kappa shape index (κ1) is 18.6. The zero-order valence-corrected chi connectivity index (χ0v) is 16.7. The molecule has 0 saturated carbocycles. The van der Waals surface area contributed by atoms with Gasteiger partial charge in [-0.3, -0.25) is 9.59 Å². The highest BCUT2D eigenvalue weighted by molar-refractivity contribution is 6.35. The van der Waals surface area contributed by atoms with E-state index in [1.165, 1.54) is 5.56 Å². The molecule has 1 aliphatic rings. The average Bonchev–Trinajstić information content (AvgIpc) is 2.65. The van der Waals surface area contributed by atoms with Crippen molar-refractivity contribution in [1.82, 2.24) is 4.57 Å². The summed E-state index contributed by atoms with van der Waals surface area (Å²) < 4.78 is 7.70. The second-order valence-corrected chi connectivity index (χ2v) is 7.86. The Morgan fingerprint density at radius 3 is 2.61 bits per heavy atom. The van der Waals surface area contributed by atoms with Crippen molar-refractivity contribution < 1.29 is 9.53 Å². The van der Waals surface area contributed by atoms with Crippen LogP contribution in [-0.4, -0.2) is 16.6 Å². The van der Waals surface area contributed by atoms with E-state index in [1.54, 1.807) is 18.3 Å². The van der Waals surface area contributed by atoms with Crippen molar-refractivity contribution in [2.24, 2.45) is 0 Å². The molecule has 0 aliphatic carbocycles. The summed E-state index contributed by atoms with van der Waals surface area (Å²) in [5, 5.41) is 3.44. The van der Waals surface area contributed by atoms with Crippen molar-refractivity contribution in [3.8, 4) is 5.75 Å². The first-order chi connectivity index (χ1) is 13.3. The van der Waals surface area contributed by atoms with Gasteiger partial charge in [-0.15, -0.1) is 0 Å². The maximum atomic E-state index is 13.0. The van der Waals surface area contributed by atoms with Crippen LogP contribution in [-0.2, 0) is 6.54 Å². The Balaban J connectivity index is 1.77. The van der Waals surface area contributed by atoms with Crippen molar-refractivity contribution >= 4 is 34.1 Å². The van der Waals surface area contributed by atoms with Gasteiger partial charge in [0.25, 0.3) is 5.91 Å². The van der Waals surface area contributed by atoms with Crippen molar-refractivity contribution in [2.75, 3.05) is 5.32 Å². The third-order valence-corrected chi connectivity index (χ3v) is 5.31. The zero-order chi connectivity index (χ0) is 20.0. The Morgan fingerprint density at radius 1 is 1.21 bits per heavy atom. The minimum atomic E-state index is -0.450. The summed E-state index contributed by atoms with van der Waals surface area (Å²) >= 11 is 6.31. The summed E-state index contributed by atoms with van der Waals surface area (Å²) in [6, 6.07) is 11.0. The van der Waals surface area contributed by atoms with Gasteiger partial charge in [0.2, 0.25) is 5.43 Å². The van der Waals surface area contributed by atoms with E-state index in [4.69, 9.17) is 16.3 Å². The molecule has 0 saturated heterocycles. The summed E-state index contributed by atoms with van der Waals surface area (Å²) in [4.78, 5) is 25.9. The Hall–Kier alpha value is -2.79. The minimum absolute atomic E-state index is 0.0635. The average molecular weight is 397 g/mol. The number of pyridine rings is 1. The number of hydrogen-bond acceptors (Lipinski definition) is 3. The van der Waals surface area contributed by atoms with Crippen LogP contribution < -0.4 is 15.5 Å². The molecule has 3 aromatic rings. The van der Waals surface area contributed by atoms with Crippen LogP contribution in [0.3, 0.4) is 0 Å². The number of amides is 1. The van der Waals surface area contributed by atoms with Crippen molar-refractivity contribution in [3.63, 3.8) is 0 Å². The summed E-state index contributed by atoms with van der Waals surface area (Å²) in [6.45, 7) is 6.70. The minimum Gasteiger partial charge on any atom is -0.487 e. The lowest BCUT2D eigenvalue weighted by Gasteiger charge is -2.26. The number of aromatic nitrogens is 1. The molecule has 2 aromatic carbocycles. The molecule has 2 heterocycles. The number of benzene rings is 2. The lowest BCUT2D eigenvalue weighted by molar-refractivity contribution is 0.102. The van der Waals surface area contributed by atoms with Crippen LogP contribution in [0.4, 0.5) is 5.69 Å². The van der Waals surface area contributed by atoms with Gasteiger partial charge in [0.15, 0.2) is 0 Å². The molecule has 1 amide bonds. The fourth-order valence-corrected chi connectivity index (χ4v) is 3.78. The molecule has 1 aromatic heterocycles. The maximum absolute atomic E-state index is 13.0. The highest BCUT2D eigenvalue weighted by atomic mass is 35.5. The molecule has 0 spiro atoms. The van der Waals surface area contributed by atoms with Crippen molar-refractivity contribution in [2.45, 2.75) is 39.3 Å². The molecule has 144 valence electrons. The summed E-state index contributed by atoms with van der Waals surface area (Å²) in [5.74, 6) is 0.559. The first-order valence-corrected chi connectivity index (χ1v) is 9.66. The summed E-state index contributed by atoms with van der Waals surface area (Å²) in [5.41, 5.74) is 2.13. The van der Waals surface area contributed by atoms with Crippen LogP contribution in [0.25, 0.3) is 10.9 Å². The molecular formula is C22H21ClN2O3. The molecule has 5 nitrogen and oxygen atoms in total. The standard InChI is InChI=1S/C22H21ClN2O3/c1-12(2)14-4-6-15(7-5-14)24-22(27)16-11-25-10-13(3)28-18-9-8-17(23)19(20(18)25)21(16)26/h4-9,11-13H,10H2,1-3H3,(H,24,27)/t13-/m0/s1. The number of hydrogen-bond donors (Lipinski definition) is 1. The molecule has 0 unspecified atom stereocenters. The van der Waals surface area contributed by atoms with Crippen LogP contribution in [0.15, 0.2) is 47.4 Å². The topological polar surface area (TPSA) is 60.3 Å². The van der Waals surface area contributed by atoms with Crippen LogP contribution >= 0.6 is 11.6 Å². The Labute approximate surface area is 167 Å². The molecule has 1 aliphatic heterocycles. The summed E-state index contributed by atoms with van der Waals surface area (Å²) in [7, 11) is 0. The molecule has 1 N–H and O–H groups in total. The smallest absolute Gasteiger partial charge is 0.261 e. The number of rotatable bonds is 3. The van der Waals surface area contributed by atoms with Gasteiger partial charge in [0.1, 0.15) is 17.4 Å². The number of anilines is 1. The summed E-state index contributed by atoms with van der Waals surface area (Å²) in [6.07, 6.45) is 1.53. The zero-order valence-electron chi connectivity index (χ0n) is 16.0. The Kier molecular flexibility index (Phi) is 4.63. The number of ether oxygens (including phenoxy) is 1. The molecule has 0 bridgehead atoms. The van der Waals surface area contributed by atoms with E-state index in [-0.39, 0.29) is 11.7 Å². The Morgan fingerprint density at radius 2 is 1.93 bits per heavy atom. The molecular weight excluding hydrogens is 376 g/mol. The second-order valence-electron chi connectivity index (χ2n) is 7.45. The normalized spacial score (nSPS) is 15.5. The first-order valence-electron chi connectivity index (χ1n) is 9.28. The van der Waals surface area contributed by atoms with Crippen LogP contribution in [0.1, 0.15) is 42.6 Å². The van der Waals surface area contributed by atoms with Gasteiger partial charge < -0.3 is 14.6 Å². The molecule has 6 heteroatoms. The molecule has 1 atom stereocenters. The molecule has 0 radical (unpaired) electrons. The fourth-order valence-electron chi connectivity index (χ4n) is 3.54. The fraction of sp³-hybridized carbons (Fsp3) is 0.273. The van der Waals surface area contributed by atoms with Gasteiger partial charge in [-0.25, -0.2) is 0 Å². The van der Waals surface area contributed by atoms with E-state index in [0.717, 1.165) is 0 Å². The predicted molar refractivity (Wildman–Crippen MR) is 112 cm³/mol. The van der Waals surface area contributed by atoms with E-state index < -0.39 is 11.3 Å². The maximum Gasteiger partial charge on any atom is 0.261 e. The van der Waals surface area contributed by atoms with Crippen LogP contribution in [0.5, 0.6) is 5.75 Å². The third kappa shape index (κ3) is 3.16. The largest absolute Gasteiger partial charge is 0.487 e. The quantitative estimate of drug-likeness (QED) is 0.691. The monoisotopic (exact) mass is 396 g/mol. The molecule has 28 heavy (non-hydrogen) atoms. The number of carbonyl (C=O) groups is 1. The van der Waals surface area contributed by atoms with Gasteiger partial charge in [-0.2, -0.15) is 0 Å². The predicted octanol–water partition coefficient (Wildman–Crippen LogP) is 4.81. The van der Waals surface area contributed by atoms with Crippen LogP contribution in [0, 0.1) is 0 Å². The van der Waals surface area contributed by atoms with Gasteiger partial charge in [-0.05, 0) is 42.7 Å². The highest BCUT2D eigenvalue weighted by Gasteiger charge is 2.24. The molecule has 4 rings (SSSR count). The van der Waals surface area contributed by atoms with Crippen molar-refractivity contribution in [3.05, 3.63) is 69.0 Å². The van der Waals surface area contributed by atoms with Crippen molar-refractivity contribution in [1.29, 1.82) is 0 Å². The van der Waals surface area contributed by atoms with E-state index in [2.05, 4.69) is 19.2 Å². The van der Waals surface area contributed by atoms with Gasteiger partial charge in [-0.1, -0.05) is 37.6 Å². The highest BCUT2D eigenvalue weighted by Crippen LogP contribution is 2.33. The molecule has 0 fully saturated rings. The van der Waals surface area contributed by atoms with Gasteiger partial charge in [0, 0.05) is 11.9 Å². The lowest BCUT2D eigenvalue weighted by Crippen LogP contribution is -2.30. The van der Waals surface area contributed by atoms with E-state index >= 15 is 0 Å². The van der Waals surface area contributed by atoms with Gasteiger partial charge in [0.05, 0.1) is 22.5 Å². The number of nitrogens with one attached hydrogen (secondary N) is 1. The number of carbonyl (C=O) groups excluding carboxylic acids is 1. The SMILES string of the molecule is CC(C)c1ccc(NC(=O)c2cn3c4c(ccc(Cl)c4c2=O)O[C@@H](C)C3)cc1. The number of nitrogens with zero attached hydrogens (tertiary/aromatic N) is 1. The third-order valence-electron chi connectivity index (χ3n) is 5.00.